The molecule has 0 amide bonds. The lowest BCUT2D eigenvalue weighted by Gasteiger charge is -2.13. The van der Waals surface area contributed by atoms with Crippen molar-refractivity contribution in [2.45, 2.75) is 0 Å². The molecule has 0 atom stereocenters. The van der Waals surface area contributed by atoms with Gasteiger partial charge in [0.25, 0.3) is 0 Å². The zero-order valence-electron chi connectivity index (χ0n) is 15.7. The molecule has 28 heavy (non-hydrogen) atoms. The van der Waals surface area contributed by atoms with Crippen LogP contribution in [0.3, 0.4) is 0 Å². The van der Waals surface area contributed by atoms with Crippen LogP contribution in [0.1, 0.15) is 10.4 Å². The van der Waals surface area contributed by atoms with Crippen molar-refractivity contribution in [1.82, 2.24) is 9.97 Å². The maximum Gasteiger partial charge on any atom is 0.337 e. The van der Waals surface area contributed by atoms with Gasteiger partial charge in [-0.05, 0) is 42.5 Å². The van der Waals surface area contributed by atoms with E-state index >= 15 is 0 Å². The van der Waals surface area contributed by atoms with Crippen molar-refractivity contribution in [2.24, 2.45) is 0 Å². The number of nitrogens with one attached hydrogen (secondary N) is 2. The van der Waals surface area contributed by atoms with Crippen LogP contribution in [0.4, 0.5) is 28.7 Å². The predicted octanol–water partition coefficient (Wildman–Crippen LogP) is 4.47. The molecule has 7 nitrogen and oxygen atoms in total. The molecule has 1 heterocycles. The normalized spacial score (nSPS) is 10.3. The average Bonchev–Trinajstić information content (AvgIpc) is 2.70. The van der Waals surface area contributed by atoms with Gasteiger partial charge in [-0.25, -0.2) is 14.8 Å². The minimum Gasteiger partial charge on any atom is -0.465 e. The lowest BCUT2D eigenvalue weighted by Crippen LogP contribution is -2.08. The summed E-state index contributed by atoms with van der Waals surface area (Å²) in [4.78, 5) is 22.2. The van der Waals surface area contributed by atoms with Crippen LogP contribution in [0, 0.1) is 0 Å². The van der Waals surface area contributed by atoms with E-state index in [1.54, 1.807) is 24.3 Å². The fraction of sp³-hybridized carbons (Fsp3) is 0.150. The molecule has 0 aliphatic carbocycles. The van der Waals surface area contributed by atoms with Crippen molar-refractivity contribution in [3.63, 3.8) is 0 Å². The van der Waals surface area contributed by atoms with Crippen molar-refractivity contribution in [2.75, 3.05) is 36.7 Å². The van der Waals surface area contributed by atoms with Gasteiger partial charge in [0.05, 0.1) is 23.4 Å². The van der Waals surface area contributed by atoms with Gasteiger partial charge in [-0.1, -0.05) is 11.6 Å². The van der Waals surface area contributed by atoms with Crippen LogP contribution in [0.25, 0.3) is 0 Å². The number of esters is 1. The fourth-order valence-electron chi connectivity index (χ4n) is 2.49. The highest BCUT2D eigenvalue weighted by atomic mass is 35.5. The molecule has 0 aliphatic rings. The smallest absolute Gasteiger partial charge is 0.337 e. The number of carbonyl (C=O) groups is 1. The number of methoxy groups -OCH3 is 1. The highest BCUT2D eigenvalue weighted by molar-refractivity contribution is 6.33. The Bertz CT molecular complexity index is 977. The zero-order valence-corrected chi connectivity index (χ0v) is 16.5. The van der Waals surface area contributed by atoms with E-state index in [-0.39, 0.29) is 0 Å². The summed E-state index contributed by atoms with van der Waals surface area (Å²) < 4.78 is 4.74. The number of nitrogens with zero attached hydrogens (tertiary/aromatic N) is 3. The Morgan fingerprint density at radius 1 is 1.00 bits per heavy atom. The molecule has 0 radical (unpaired) electrons. The van der Waals surface area contributed by atoms with Crippen LogP contribution in [-0.2, 0) is 4.74 Å². The maximum absolute atomic E-state index is 11.7. The molecule has 144 valence electrons. The average molecular weight is 398 g/mol. The van der Waals surface area contributed by atoms with Gasteiger partial charge in [-0.3, -0.25) is 0 Å². The highest BCUT2D eigenvalue weighted by Gasteiger charge is 2.10. The fourth-order valence-corrected chi connectivity index (χ4v) is 2.65. The molecule has 1 aromatic heterocycles. The Morgan fingerprint density at radius 2 is 1.68 bits per heavy atom. The minimum absolute atomic E-state index is 0.391. The van der Waals surface area contributed by atoms with Gasteiger partial charge in [0.15, 0.2) is 0 Å². The SMILES string of the molecule is COC(=O)c1ccc(Cl)c(Nc2cc(Nc3ccc(N(C)C)cc3)ncn2)c1. The second-order valence-corrected chi connectivity index (χ2v) is 6.57. The van der Waals surface area contributed by atoms with Crippen molar-refractivity contribution in [1.29, 1.82) is 0 Å². The summed E-state index contributed by atoms with van der Waals surface area (Å²) in [7, 11) is 5.31. The van der Waals surface area contributed by atoms with Crippen LogP contribution in [0.15, 0.2) is 54.9 Å². The molecule has 0 aliphatic heterocycles. The predicted molar refractivity (Wildman–Crippen MR) is 112 cm³/mol. The van der Waals surface area contributed by atoms with Gasteiger partial charge < -0.3 is 20.3 Å². The maximum atomic E-state index is 11.7. The van der Waals surface area contributed by atoms with Crippen molar-refractivity contribution < 1.29 is 9.53 Å². The molecule has 2 aromatic carbocycles. The third-order valence-corrected chi connectivity index (χ3v) is 4.30. The van der Waals surface area contributed by atoms with Gasteiger partial charge in [-0.15, -0.1) is 0 Å². The first-order chi connectivity index (χ1) is 13.5. The highest BCUT2D eigenvalue weighted by Crippen LogP contribution is 2.27. The monoisotopic (exact) mass is 397 g/mol. The van der Waals surface area contributed by atoms with Gasteiger partial charge in [0.1, 0.15) is 18.0 Å². The number of rotatable bonds is 6. The van der Waals surface area contributed by atoms with E-state index < -0.39 is 5.97 Å². The molecule has 0 fully saturated rings. The Balaban J connectivity index is 1.77. The molecule has 0 saturated carbocycles. The van der Waals surface area contributed by atoms with E-state index in [0.717, 1.165) is 11.4 Å². The summed E-state index contributed by atoms with van der Waals surface area (Å²) in [6.07, 6.45) is 1.44. The second kappa shape index (κ2) is 8.58. The number of benzene rings is 2. The molecule has 0 saturated heterocycles. The van der Waals surface area contributed by atoms with Gasteiger partial charge >= 0.3 is 5.97 Å². The Kier molecular flexibility index (Phi) is 5.96. The van der Waals surface area contributed by atoms with E-state index in [9.17, 15) is 4.79 Å². The quantitative estimate of drug-likeness (QED) is 0.594. The summed E-state index contributed by atoms with van der Waals surface area (Å²) in [5, 5.41) is 6.80. The van der Waals surface area contributed by atoms with Crippen molar-refractivity contribution in [3.05, 3.63) is 65.4 Å². The Hall–Kier alpha value is -3.32. The van der Waals surface area contributed by atoms with E-state index in [2.05, 4.69) is 20.6 Å². The number of hydrogen-bond acceptors (Lipinski definition) is 7. The van der Waals surface area contributed by atoms with E-state index in [4.69, 9.17) is 16.3 Å². The van der Waals surface area contributed by atoms with Crippen LogP contribution in [-0.4, -0.2) is 37.1 Å². The third-order valence-electron chi connectivity index (χ3n) is 3.97. The summed E-state index contributed by atoms with van der Waals surface area (Å²) in [5.41, 5.74) is 2.95. The van der Waals surface area contributed by atoms with Gasteiger partial charge in [0, 0.05) is 31.5 Å². The topological polar surface area (TPSA) is 79.4 Å². The van der Waals surface area contributed by atoms with Crippen LogP contribution in [0.5, 0.6) is 0 Å². The molecule has 3 rings (SSSR count). The number of carbonyl (C=O) groups excluding carboxylic acids is 1. The summed E-state index contributed by atoms with van der Waals surface area (Å²) >= 11 is 6.23. The Morgan fingerprint density at radius 3 is 2.32 bits per heavy atom. The lowest BCUT2D eigenvalue weighted by molar-refractivity contribution is 0.0601. The standard InChI is InChI=1S/C20H20ClN5O2/c1-26(2)15-7-5-14(6-8-15)24-18-11-19(23-12-22-18)25-17-10-13(20(27)28-3)4-9-16(17)21/h4-12H,1-3H3,(H2,22,23,24,25). The molecule has 3 aromatic rings. The summed E-state index contributed by atoms with van der Waals surface area (Å²) in [6.45, 7) is 0. The number of halogens is 1. The molecule has 0 bridgehead atoms. The molecule has 8 heteroatoms. The zero-order chi connectivity index (χ0) is 20.1. The lowest BCUT2D eigenvalue weighted by atomic mass is 10.2. The largest absolute Gasteiger partial charge is 0.465 e. The Labute approximate surface area is 168 Å². The van der Waals surface area contributed by atoms with Gasteiger partial charge in [-0.2, -0.15) is 0 Å². The third kappa shape index (κ3) is 4.69. The first kappa shape index (κ1) is 19.4. The first-order valence-corrected chi connectivity index (χ1v) is 8.85. The summed E-state index contributed by atoms with van der Waals surface area (Å²) in [6, 6.07) is 14.6. The van der Waals surface area contributed by atoms with Crippen molar-refractivity contribution >= 4 is 46.3 Å². The molecular weight excluding hydrogens is 378 g/mol. The first-order valence-electron chi connectivity index (χ1n) is 8.47. The second-order valence-electron chi connectivity index (χ2n) is 6.17. The number of aromatic nitrogens is 2. The molecule has 2 N–H and O–H groups in total. The van der Waals surface area contributed by atoms with E-state index in [0.29, 0.717) is 27.9 Å². The van der Waals surface area contributed by atoms with Crippen LogP contribution < -0.4 is 15.5 Å². The van der Waals surface area contributed by atoms with Crippen molar-refractivity contribution in [3.8, 4) is 0 Å². The molecule has 0 spiro atoms. The van der Waals surface area contributed by atoms with Crippen LogP contribution >= 0.6 is 11.6 Å². The number of ether oxygens (including phenoxy) is 1. The molecule has 0 unspecified atom stereocenters. The number of anilines is 5. The summed E-state index contributed by atoms with van der Waals surface area (Å²) in [5.74, 6) is 0.715. The minimum atomic E-state index is -0.439. The number of hydrogen-bond donors (Lipinski definition) is 2. The molecular formula is C20H20ClN5O2. The van der Waals surface area contributed by atoms with E-state index in [1.165, 1.54) is 13.4 Å². The van der Waals surface area contributed by atoms with Crippen LogP contribution in [0.2, 0.25) is 5.02 Å². The van der Waals surface area contributed by atoms with Gasteiger partial charge in [0.2, 0.25) is 0 Å². The van der Waals surface area contributed by atoms with E-state index in [1.807, 2.05) is 43.3 Å².